The van der Waals surface area contributed by atoms with E-state index in [0.717, 1.165) is 24.8 Å². The van der Waals surface area contributed by atoms with E-state index in [2.05, 4.69) is 12.2 Å². The molecule has 1 spiro atoms. The third-order valence-electron chi connectivity index (χ3n) is 9.14. The Balaban J connectivity index is 1.16. The molecular weight excluding hydrogens is 506 g/mol. The Labute approximate surface area is 228 Å². The molecule has 10 heteroatoms. The van der Waals surface area contributed by atoms with Crippen molar-refractivity contribution >= 4 is 17.8 Å². The summed E-state index contributed by atoms with van der Waals surface area (Å²) in [6.07, 6.45) is 1.71. The molecule has 1 saturated carbocycles. The Bertz CT molecular complexity index is 1070. The van der Waals surface area contributed by atoms with E-state index in [9.17, 15) is 19.5 Å². The molecule has 4 aliphatic heterocycles. The number of fused-ring (bicyclic) bond motifs is 2. The lowest BCUT2D eigenvalue weighted by atomic mass is 9.58. The molecule has 5 aliphatic rings. The number of ether oxygens (including phenoxy) is 3. The van der Waals surface area contributed by atoms with Gasteiger partial charge in [-0.05, 0) is 43.6 Å². The number of carbonyl (C=O) groups is 3. The zero-order valence-electron chi connectivity index (χ0n) is 22.8. The van der Waals surface area contributed by atoms with Crippen LogP contribution in [-0.2, 0) is 38.4 Å². The second kappa shape index (κ2) is 11.2. The van der Waals surface area contributed by atoms with Crippen molar-refractivity contribution in [2.45, 2.75) is 95.6 Å². The van der Waals surface area contributed by atoms with Crippen molar-refractivity contribution in [2.75, 3.05) is 6.54 Å². The second-order valence-electron chi connectivity index (χ2n) is 11.8. The van der Waals surface area contributed by atoms with Gasteiger partial charge in [0.05, 0.1) is 12.8 Å². The third-order valence-corrected chi connectivity index (χ3v) is 9.14. The Hall–Kier alpha value is -2.53. The lowest BCUT2D eigenvalue weighted by molar-refractivity contribution is -0.576. The van der Waals surface area contributed by atoms with Gasteiger partial charge in [0.2, 0.25) is 18.0 Å². The number of carboxylic acid groups (broad SMARTS) is 1. The van der Waals surface area contributed by atoms with Crippen molar-refractivity contribution in [1.29, 1.82) is 0 Å². The maximum Gasteiger partial charge on any atom is 0.308 e. The van der Waals surface area contributed by atoms with Crippen molar-refractivity contribution < 1.29 is 43.5 Å². The number of hydrogen-bond acceptors (Lipinski definition) is 8. The van der Waals surface area contributed by atoms with Crippen LogP contribution in [0.25, 0.3) is 0 Å². The predicted octanol–water partition coefficient (Wildman–Crippen LogP) is 3.89. The number of esters is 1. The molecule has 4 heterocycles. The average molecular weight is 546 g/mol. The number of aliphatic carboxylic acids is 1. The predicted molar refractivity (Wildman–Crippen MR) is 137 cm³/mol. The quantitative estimate of drug-likeness (QED) is 0.351. The van der Waals surface area contributed by atoms with Gasteiger partial charge in [0.1, 0.15) is 0 Å². The van der Waals surface area contributed by atoms with E-state index >= 15 is 0 Å². The molecule has 9 atom stereocenters. The van der Waals surface area contributed by atoms with Gasteiger partial charge in [0.15, 0.2) is 11.9 Å². The molecule has 39 heavy (non-hydrogen) atoms. The first-order chi connectivity index (χ1) is 18.6. The Kier molecular flexibility index (Phi) is 8.01. The van der Waals surface area contributed by atoms with Gasteiger partial charge in [-0.25, -0.2) is 9.78 Å². The number of carbonyl (C=O) groups excluding carboxylic acids is 2. The summed E-state index contributed by atoms with van der Waals surface area (Å²) in [5, 5.41) is 12.0. The van der Waals surface area contributed by atoms with Gasteiger partial charge in [-0.2, -0.15) is 0 Å². The number of nitrogens with one attached hydrogen (secondary N) is 1. The molecule has 2 N–H and O–H groups in total. The first kappa shape index (κ1) is 28.0. The maximum absolute atomic E-state index is 12.8. The molecule has 1 aromatic carbocycles. The fourth-order valence-corrected chi connectivity index (χ4v) is 6.98. The molecule has 214 valence electrons. The molecular formula is C29H39NO9. The lowest BCUT2D eigenvalue weighted by Gasteiger charge is -2.59. The molecule has 1 aromatic rings. The summed E-state index contributed by atoms with van der Waals surface area (Å²) in [5.41, 5.74) is 0.0963. The van der Waals surface area contributed by atoms with Gasteiger partial charge in [-0.3, -0.25) is 14.4 Å². The van der Waals surface area contributed by atoms with Gasteiger partial charge in [0, 0.05) is 37.1 Å². The fourth-order valence-electron chi connectivity index (χ4n) is 6.98. The molecule has 5 fully saturated rings. The molecule has 6 rings (SSSR count). The Morgan fingerprint density at radius 2 is 1.85 bits per heavy atom. The van der Waals surface area contributed by atoms with Crippen LogP contribution in [-0.4, -0.2) is 53.5 Å². The van der Waals surface area contributed by atoms with E-state index in [1.54, 1.807) is 0 Å². The third kappa shape index (κ3) is 5.57. The van der Waals surface area contributed by atoms with Crippen LogP contribution >= 0.6 is 0 Å². The minimum Gasteiger partial charge on any atom is -0.481 e. The van der Waals surface area contributed by atoms with Crippen LogP contribution in [0.2, 0.25) is 0 Å². The average Bonchev–Trinajstić information content (AvgIpc) is 3.14. The lowest BCUT2D eigenvalue weighted by Crippen LogP contribution is -2.70. The minimum atomic E-state index is -0.944. The van der Waals surface area contributed by atoms with Crippen molar-refractivity contribution in [2.24, 2.45) is 23.7 Å². The minimum absolute atomic E-state index is 0.0327. The molecule has 0 aromatic heterocycles. The summed E-state index contributed by atoms with van der Waals surface area (Å²) in [5.74, 6) is -2.57. The van der Waals surface area contributed by atoms with E-state index in [1.807, 2.05) is 44.2 Å². The van der Waals surface area contributed by atoms with Crippen molar-refractivity contribution in [3.63, 3.8) is 0 Å². The zero-order valence-corrected chi connectivity index (χ0v) is 22.8. The molecule has 0 radical (unpaired) electrons. The van der Waals surface area contributed by atoms with Gasteiger partial charge < -0.3 is 24.6 Å². The first-order valence-electron chi connectivity index (χ1n) is 14.0. The van der Waals surface area contributed by atoms with E-state index in [-0.39, 0.29) is 55.4 Å². The molecule has 0 unspecified atom stereocenters. The van der Waals surface area contributed by atoms with Crippen LogP contribution in [0.15, 0.2) is 30.3 Å². The van der Waals surface area contributed by atoms with E-state index in [0.29, 0.717) is 12.3 Å². The summed E-state index contributed by atoms with van der Waals surface area (Å²) in [6.45, 7) is 6.25. The number of amides is 1. The van der Waals surface area contributed by atoms with Gasteiger partial charge in [-0.15, -0.1) is 0 Å². The number of hydrogen-bond donors (Lipinski definition) is 2. The summed E-state index contributed by atoms with van der Waals surface area (Å²) in [7, 11) is 0. The van der Waals surface area contributed by atoms with Crippen LogP contribution in [0.1, 0.15) is 77.2 Å². The molecule has 10 nitrogen and oxygen atoms in total. The normalized spacial score (nSPS) is 37.7. The molecule has 4 saturated heterocycles. The summed E-state index contributed by atoms with van der Waals surface area (Å²) < 4.78 is 18.3. The van der Waals surface area contributed by atoms with Crippen molar-refractivity contribution in [1.82, 2.24) is 5.32 Å². The number of benzene rings is 1. The SMILES string of the molecule is C[C@H]1[C@H](OC(=O)CCC(=O)NC[C@H](CC(=O)O)c2ccccc2)O[C@H]2O[C@@]3(C)CC[C@H]4[C@@H](C)CC[C@H]1[C@]24OO3. The first-order valence-corrected chi connectivity index (χ1v) is 14.0. The van der Waals surface area contributed by atoms with Crippen LogP contribution in [0.4, 0.5) is 0 Å². The number of carboxylic acids is 1. The summed E-state index contributed by atoms with van der Waals surface area (Å²) in [4.78, 5) is 48.5. The monoisotopic (exact) mass is 545 g/mol. The zero-order chi connectivity index (χ0) is 27.8. The van der Waals surface area contributed by atoms with Crippen LogP contribution in [0.3, 0.4) is 0 Å². The van der Waals surface area contributed by atoms with E-state index < -0.39 is 35.9 Å². The highest BCUT2D eigenvalue weighted by Crippen LogP contribution is 2.60. The standard InChI is InChI=1S/C29H39NO9/c1-17-9-10-22-18(2)26(36-27-29(22)21(17)13-14-28(3,37-27)38-39-29)35-25(34)12-11-23(31)30-16-20(15-24(32)33)19-7-5-4-6-8-19/h4-8,17-18,20-22,26-27H,9-16H2,1-3H3,(H,30,31)(H,32,33)/t17-,18+,20-,21-,22+,26+,27-,28+,29-/m0/s1. The maximum atomic E-state index is 12.8. The smallest absolute Gasteiger partial charge is 0.308 e. The highest BCUT2D eigenvalue weighted by molar-refractivity contribution is 5.81. The van der Waals surface area contributed by atoms with Crippen LogP contribution in [0, 0.1) is 23.7 Å². The van der Waals surface area contributed by atoms with E-state index in [1.165, 1.54) is 0 Å². The highest BCUT2D eigenvalue weighted by Gasteiger charge is 2.69. The summed E-state index contributed by atoms with van der Waals surface area (Å²) in [6, 6.07) is 9.18. The topological polar surface area (TPSA) is 130 Å². The Morgan fingerprint density at radius 3 is 2.59 bits per heavy atom. The van der Waals surface area contributed by atoms with Crippen LogP contribution < -0.4 is 5.32 Å². The van der Waals surface area contributed by atoms with Crippen molar-refractivity contribution in [3.05, 3.63) is 35.9 Å². The fraction of sp³-hybridized carbons (Fsp3) is 0.690. The van der Waals surface area contributed by atoms with Gasteiger partial charge in [0.25, 0.3) is 0 Å². The summed E-state index contributed by atoms with van der Waals surface area (Å²) >= 11 is 0. The van der Waals surface area contributed by atoms with E-state index in [4.69, 9.17) is 24.0 Å². The highest BCUT2D eigenvalue weighted by atomic mass is 17.3. The van der Waals surface area contributed by atoms with Gasteiger partial charge >= 0.3 is 11.9 Å². The largest absolute Gasteiger partial charge is 0.481 e. The molecule has 1 aliphatic carbocycles. The molecule has 2 bridgehead atoms. The van der Waals surface area contributed by atoms with Crippen molar-refractivity contribution in [3.8, 4) is 0 Å². The number of rotatable bonds is 9. The van der Waals surface area contributed by atoms with Crippen LogP contribution in [0.5, 0.6) is 0 Å². The Morgan fingerprint density at radius 1 is 1.08 bits per heavy atom. The molecule has 1 amide bonds. The van der Waals surface area contributed by atoms with Gasteiger partial charge in [-0.1, -0.05) is 44.2 Å². The second-order valence-corrected chi connectivity index (χ2v) is 11.8.